The van der Waals surface area contributed by atoms with Crippen molar-refractivity contribution in [3.63, 3.8) is 0 Å². The smallest absolute Gasteiger partial charge is 0.133 e. The summed E-state index contributed by atoms with van der Waals surface area (Å²) in [6, 6.07) is 4.99. The summed E-state index contributed by atoms with van der Waals surface area (Å²) in [7, 11) is 0. The fourth-order valence-electron chi connectivity index (χ4n) is 0.667. The molecule has 0 aliphatic carbocycles. The number of nitrogens with zero attached hydrogens (tertiary/aromatic N) is 2. The summed E-state index contributed by atoms with van der Waals surface area (Å²) in [5.41, 5.74) is 0.599. The van der Waals surface area contributed by atoms with Crippen molar-refractivity contribution in [1.82, 2.24) is 4.98 Å². The van der Waals surface area contributed by atoms with Gasteiger partial charge >= 0.3 is 0 Å². The molecule has 0 saturated heterocycles. The van der Waals surface area contributed by atoms with Crippen LogP contribution in [-0.4, -0.2) is 10.1 Å². The monoisotopic (exact) mass is 146 g/mol. The summed E-state index contributed by atoms with van der Waals surface area (Å²) in [5.74, 6) is -0.0325. The van der Waals surface area contributed by atoms with E-state index in [0.717, 1.165) is 6.08 Å². The highest BCUT2D eigenvalue weighted by molar-refractivity contribution is 5.59. The van der Waals surface area contributed by atoms with E-state index in [2.05, 4.69) is 4.98 Å². The minimum Gasteiger partial charge on any atom is -0.507 e. The number of rotatable bonds is 1. The van der Waals surface area contributed by atoms with E-state index in [0.29, 0.717) is 5.56 Å². The maximum absolute atomic E-state index is 9.13. The highest BCUT2D eigenvalue weighted by atomic mass is 16.3. The lowest BCUT2D eigenvalue weighted by atomic mass is 10.2. The lowest BCUT2D eigenvalue weighted by Crippen LogP contribution is -1.81. The molecule has 0 aromatic carbocycles. The van der Waals surface area contributed by atoms with Crippen molar-refractivity contribution < 1.29 is 5.11 Å². The first-order chi connectivity index (χ1) is 5.34. The normalized spacial score (nSPS) is 10.6. The van der Waals surface area contributed by atoms with Gasteiger partial charge in [-0.25, -0.2) is 0 Å². The zero-order chi connectivity index (χ0) is 8.10. The van der Waals surface area contributed by atoms with E-state index in [1.807, 2.05) is 0 Å². The van der Waals surface area contributed by atoms with Crippen LogP contribution in [0.4, 0.5) is 0 Å². The average molecular weight is 146 g/mol. The van der Waals surface area contributed by atoms with Crippen molar-refractivity contribution in [3.05, 3.63) is 36.2 Å². The van der Waals surface area contributed by atoms with Crippen LogP contribution in [0.5, 0.6) is 0 Å². The number of hydrogen-bond donors (Lipinski definition) is 1. The van der Waals surface area contributed by atoms with Gasteiger partial charge in [-0.1, -0.05) is 0 Å². The Balaban J connectivity index is 2.96. The van der Waals surface area contributed by atoms with Gasteiger partial charge in [0.25, 0.3) is 0 Å². The maximum Gasteiger partial charge on any atom is 0.133 e. The number of aromatic nitrogens is 1. The number of aliphatic hydroxyl groups is 1. The van der Waals surface area contributed by atoms with Gasteiger partial charge in [0.05, 0.1) is 12.1 Å². The van der Waals surface area contributed by atoms with Gasteiger partial charge in [0.1, 0.15) is 5.76 Å². The zero-order valence-corrected chi connectivity index (χ0v) is 5.73. The van der Waals surface area contributed by atoms with Crippen LogP contribution in [0.15, 0.2) is 30.6 Å². The molecule has 1 heterocycles. The number of pyridine rings is 1. The molecular weight excluding hydrogens is 140 g/mol. The summed E-state index contributed by atoms with van der Waals surface area (Å²) in [6.07, 6.45) is 4.18. The second-order valence-electron chi connectivity index (χ2n) is 1.89. The summed E-state index contributed by atoms with van der Waals surface area (Å²) in [6.45, 7) is 0. The topological polar surface area (TPSA) is 56.9 Å². The van der Waals surface area contributed by atoms with Crippen molar-refractivity contribution in [3.8, 4) is 6.07 Å². The fraction of sp³-hybridized carbons (Fsp3) is 0. The molecule has 1 N–H and O–H groups in total. The Labute approximate surface area is 64.2 Å². The number of hydrogen-bond acceptors (Lipinski definition) is 3. The van der Waals surface area contributed by atoms with Gasteiger partial charge in [-0.3, -0.25) is 4.98 Å². The molecule has 3 heteroatoms. The maximum atomic E-state index is 9.13. The zero-order valence-electron chi connectivity index (χ0n) is 5.73. The lowest BCUT2D eigenvalue weighted by molar-refractivity contribution is 0.512. The Hall–Kier alpha value is -1.82. The number of nitriles is 1. The van der Waals surface area contributed by atoms with E-state index in [1.165, 1.54) is 0 Å². The first-order valence-electron chi connectivity index (χ1n) is 3.03. The van der Waals surface area contributed by atoms with Gasteiger partial charge in [-0.05, 0) is 12.1 Å². The molecule has 0 bridgehead atoms. The minimum absolute atomic E-state index is 0.0325. The second-order valence-corrected chi connectivity index (χ2v) is 1.89. The molecular formula is C8H6N2O. The van der Waals surface area contributed by atoms with Gasteiger partial charge in [0, 0.05) is 18.0 Å². The average Bonchev–Trinajstić information content (AvgIpc) is 2.07. The fourth-order valence-corrected chi connectivity index (χ4v) is 0.667. The van der Waals surface area contributed by atoms with Gasteiger partial charge < -0.3 is 5.11 Å². The van der Waals surface area contributed by atoms with Crippen LogP contribution in [-0.2, 0) is 0 Å². The second kappa shape index (κ2) is 3.37. The van der Waals surface area contributed by atoms with Crippen molar-refractivity contribution in [2.45, 2.75) is 0 Å². The van der Waals surface area contributed by atoms with E-state index in [4.69, 9.17) is 10.4 Å². The molecule has 54 valence electrons. The molecule has 0 atom stereocenters. The Morgan fingerprint density at radius 2 is 2.18 bits per heavy atom. The Morgan fingerprint density at radius 1 is 1.55 bits per heavy atom. The molecule has 1 rings (SSSR count). The quantitative estimate of drug-likeness (QED) is 0.482. The Kier molecular flexibility index (Phi) is 2.24. The van der Waals surface area contributed by atoms with Crippen LogP contribution in [0.2, 0.25) is 0 Å². The summed E-state index contributed by atoms with van der Waals surface area (Å²) < 4.78 is 0. The third-order valence-electron chi connectivity index (χ3n) is 1.18. The van der Waals surface area contributed by atoms with Crippen LogP contribution in [0, 0.1) is 11.3 Å². The highest BCUT2D eigenvalue weighted by Crippen LogP contribution is 2.07. The van der Waals surface area contributed by atoms with E-state index in [-0.39, 0.29) is 5.76 Å². The molecule has 1 aromatic heterocycles. The molecule has 0 unspecified atom stereocenters. The Bertz CT molecular complexity index is 298. The van der Waals surface area contributed by atoms with E-state index in [1.54, 1.807) is 30.6 Å². The first kappa shape index (κ1) is 7.29. The van der Waals surface area contributed by atoms with Crippen molar-refractivity contribution >= 4 is 5.76 Å². The van der Waals surface area contributed by atoms with E-state index >= 15 is 0 Å². The third kappa shape index (κ3) is 1.80. The molecule has 1 aromatic rings. The van der Waals surface area contributed by atoms with E-state index < -0.39 is 0 Å². The SMILES string of the molecule is N#C/C=C(/O)c1ccncc1. The number of allylic oxidation sites excluding steroid dienone is 1. The standard InChI is InChI=1S/C8H6N2O/c9-4-1-8(11)7-2-5-10-6-3-7/h1-3,5-6,11H/b8-1+. The van der Waals surface area contributed by atoms with Gasteiger partial charge in [-0.2, -0.15) is 5.26 Å². The van der Waals surface area contributed by atoms with Crippen LogP contribution >= 0.6 is 0 Å². The largest absolute Gasteiger partial charge is 0.507 e. The molecule has 0 aliphatic rings. The summed E-state index contributed by atoms with van der Waals surface area (Å²) in [5, 5.41) is 17.3. The van der Waals surface area contributed by atoms with Crippen LogP contribution < -0.4 is 0 Å². The third-order valence-corrected chi connectivity index (χ3v) is 1.18. The van der Waals surface area contributed by atoms with Crippen molar-refractivity contribution in [2.24, 2.45) is 0 Å². The van der Waals surface area contributed by atoms with Crippen LogP contribution in [0.25, 0.3) is 5.76 Å². The first-order valence-corrected chi connectivity index (χ1v) is 3.03. The van der Waals surface area contributed by atoms with Gasteiger partial charge in [-0.15, -0.1) is 0 Å². The molecule has 0 radical (unpaired) electrons. The molecule has 0 fully saturated rings. The van der Waals surface area contributed by atoms with Crippen molar-refractivity contribution in [2.75, 3.05) is 0 Å². The van der Waals surface area contributed by atoms with Crippen molar-refractivity contribution in [1.29, 1.82) is 5.26 Å². The highest BCUT2D eigenvalue weighted by Gasteiger charge is 1.94. The van der Waals surface area contributed by atoms with Crippen LogP contribution in [0.3, 0.4) is 0 Å². The number of aliphatic hydroxyl groups excluding tert-OH is 1. The molecule has 11 heavy (non-hydrogen) atoms. The van der Waals surface area contributed by atoms with Crippen LogP contribution in [0.1, 0.15) is 5.56 Å². The van der Waals surface area contributed by atoms with E-state index in [9.17, 15) is 0 Å². The summed E-state index contributed by atoms with van der Waals surface area (Å²) in [4.78, 5) is 3.77. The Morgan fingerprint density at radius 3 is 2.73 bits per heavy atom. The predicted octanol–water partition coefficient (Wildman–Crippen LogP) is 1.50. The summed E-state index contributed by atoms with van der Waals surface area (Å²) >= 11 is 0. The minimum atomic E-state index is -0.0325. The predicted molar refractivity (Wildman–Crippen MR) is 40.5 cm³/mol. The van der Waals surface area contributed by atoms with Gasteiger partial charge in [0.2, 0.25) is 0 Å². The molecule has 0 spiro atoms. The molecule has 3 nitrogen and oxygen atoms in total. The molecule has 0 aliphatic heterocycles. The lowest BCUT2D eigenvalue weighted by Gasteiger charge is -1.94. The molecule has 0 saturated carbocycles. The van der Waals surface area contributed by atoms with Gasteiger partial charge in [0.15, 0.2) is 0 Å². The molecule has 0 amide bonds.